The minimum Gasteiger partial charge on any atom is -0.354 e. The molecule has 0 aromatic heterocycles. The second-order valence-electron chi connectivity index (χ2n) is 7.77. The summed E-state index contributed by atoms with van der Waals surface area (Å²) in [5, 5.41) is 3.13. The Hall–Kier alpha value is -2.55. The molecule has 3 rings (SSSR count). The summed E-state index contributed by atoms with van der Waals surface area (Å²) in [6, 6.07) is 18.0. The van der Waals surface area contributed by atoms with Crippen LogP contribution in [0.2, 0.25) is 5.02 Å². The quantitative estimate of drug-likeness (QED) is 0.366. The summed E-state index contributed by atoms with van der Waals surface area (Å²) in [6.45, 7) is 3.71. The van der Waals surface area contributed by atoms with Crippen LogP contribution in [0.5, 0.6) is 0 Å². The lowest BCUT2D eigenvalue weighted by atomic mass is 10.1. The van der Waals surface area contributed by atoms with Crippen LogP contribution < -0.4 is 9.62 Å². The molecule has 1 N–H and O–H groups in total. The lowest BCUT2D eigenvalue weighted by molar-refractivity contribution is -0.119. The number of amides is 1. The molecular weight excluding hydrogens is 495 g/mol. The molecule has 0 radical (unpaired) electrons. The van der Waals surface area contributed by atoms with E-state index in [1.54, 1.807) is 42.5 Å². The first kappa shape index (κ1) is 26.1. The van der Waals surface area contributed by atoms with E-state index in [9.17, 15) is 17.6 Å². The molecule has 0 aliphatic heterocycles. The molecule has 0 atom stereocenters. The normalized spacial score (nSPS) is 11.3. The molecule has 5 nitrogen and oxygen atoms in total. The molecule has 0 saturated carbocycles. The minimum atomic E-state index is -3.95. The van der Waals surface area contributed by atoms with E-state index in [-0.39, 0.29) is 17.3 Å². The van der Waals surface area contributed by atoms with Gasteiger partial charge < -0.3 is 5.32 Å². The van der Waals surface area contributed by atoms with Gasteiger partial charge in [0.25, 0.3) is 10.0 Å². The maximum Gasteiger partial charge on any atom is 0.264 e. The van der Waals surface area contributed by atoms with Crippen LogP contribution in [0.1, 0.15) is 16.7 Å². The van der Waals surface area contributed by atoms with Gasteiger partial charge in [-0.3, -0.25) is 9.10 Å². The number of sulfonamides is 1. The first-order valence-corrected chi connectivity index (χ1v) is 13.6. The number of carbonyl (C=O) groups excluding carboxylic acids is 1. The Morgan fingerprint density at radius 1 is 1.03 bits per heavy atom. The number of nitrogens with one attached hydrogen (secondary N) is 1. The molecular formula is C25H26ClFN2O3S2. The van der Waals surface area contributed by atoms with Gasteiger partial charge in [0.15, 0.2) is 0 Å². The number of hydrogen-bond acceptors (Lipinski definition) is 4. The summed E-state index contributed by atoms with van der Waals surface area (Å²) in [7, 11) is -3.95. The third-order valence-electron chi connectivity index (χ3n) is 4.99. The second-order valence-corrected chi connectivity index (χ2v) is 11.1. The Morgan fingerprint density at radius 2 is 1.71 bits per heavy atom. The van der Waals surface area contributed by atoms with Gasteiger partial charge in [0.2, 0.25) is 5.91 Å². The summed E-state index contributed by atoms with van der Waals surface area (Å²) in [4.78, 5) is 12.8. The summed E-state index contributed by atoms with van der Waals surface area (Å²) >= 11 is 7.47. The van der Waals surface area contributed by atoms with Crippen molar-refractivity contribution in [2.45, 2.75) is 24.5 Å². The van der Waals surface area contributed by atoms with E-state index in [4.69, 9.17) is 11.6 Å². The van der Waals surface area contributed by atoms with E-state index in [0.717, 1.165) is 15.4 Å². The number of nitrogens with zero attached hydrogens (tertiary/aromatic N) is 1. The predicted octanol–water partition coefficient (Wildman–Crippen LogP) is 5.34. The van der Waals surface area contributed by atoms with Gasteiger partial charge in [-0.25, -0.2) is 12.8 Å². The van der Waals surface area contributed by atoms with Crippen molar-refractivity contribution < 1.29 is 17.6 Å². The lowest BCUT2D eigenvalue weighted by Gasteiger charge is -2.25. The number of hydrogen-bond donors (Lipinski definition) is 1. The zero-order valence-electron chi connectivity index (χ0n) is 18.9. The van der Waals surface area contributed by atoms with Crippen molar-refractivity contribution in [3.05, 3.63) is 94.3 Å². The van der Waals surface area contributed by atoms with Crippen LogP contribution >= 0.6 is 23.4 Å². The van der Waals surface area contributed by atoms with Gasteiger partial charge in [0.05, 0.1) is 10.6 Å². The topological polar surface area (TPSA) is 66.5 Å². The lowest BCUT2D eigenvalue weighted by Crippen LogP contribution is -2.41. The number of aryl methyl sites for hydroxylation is 2. The number of carbonyl (C=O) groups is 1. The standard InChI is InChI=1S/C25H26ClFN2O3S2/c1-18-13-19(2)15-20(14-18)29(34(31,32)21-7-4-3-5-8-21)16-25(30)28-11-12-33-17-22-23(26)9-6-10-24(22)27/h3-10,13-15H,11-12,16-17H2,1-2H3,(H,28,30). The van der Waals surface area contributed by atoms with Crippen LogP contribution in [0.4, 0.5) is 10.1 Å². The van der Waals surface area contributed by atoms with Crippen molar-refractivity contribution in [2.75, 3.05) is 23.1 Å². The summed E-state index contributed by atoms with van der Waals surface area (Å²) in [5.74, 6) is 0.103. The highest BCUT2D eigenvalue weighted by molar-refractivity contribution is 7.98. The van der Waals surface area contributed by atoms with Crippen LogP contribution in [0, 0.1) is 19.7 Å². The van der Waals surface area contributed by atoms with Crippen molar-refractivity contribution in [3.63, 3.8) is 0 Å². The van der Waals surface area contributed by atoms with Gasteiger partial charge in [-0.05, 0) is 61.4 Å². The molecule has 0 fully saturated rings. The van der Waals surface area contributed by atoms with Gasteiger partial charge in [-0.2, -0.15) is 11.8 Å². The molecule has 0 aliphatic rings. The van der Waals surface area contributed by atoms with E-state index < -0.39 is 15.9 Å². The van der Waals surface area contributed by atoms with Gasteiger partial charge in [-0.15, -0.1) is 0 Å². The van der Waals surface area contributed by atoms with E-state index in [2.05, 4.69) is 5.32 Å². The fourth-order valence-electron chi connectivity index (χ4n) is 3.42. The highest BCUT2D eigenvalue weighted by atomic mass is 35.5. The fraction of sp³-hybridized carbons (Fsp3) is 0.240. The largest absolute Gasteiger partial charge is 0.354 e. The van der Waals surface area contributed by atoms with Crippen LogP contribution in [-0.4, -0.2) is 33.2 Å². The molecule has 0 aliphatic carbocycles. The summed E-state index contributed by atoms with van der Waals surface area (Å²) in [5.41, 5.74) is 2.65. The first-order chi connectivity index (χ1) is 16.2. The molecule has 0 heterocycles. The smallest absolute Gasteiger partial charge is 0.264 e. The fourth-order valence-corrected chi connectivity index (χ4v) is 6.05. The highest BCUT2D eigenvalue weighted by Gasteiger charge is 2.27. The maximum atomic E-state index is 13.9. The average molecular weight is 521 g/mol. The number of halogens is 2. The zero-order chi connectivity index (χ0) is 24.7. The molecule has 3 aromatic rings. The van der Waals surface area contributed by atoms with E-state index in [1.807, 2.05) is 19.9 Å². The molecule has 0 saturated heterocycles. The monoisotopic (exact) mass is 520 g/mol. The SMILES string of the molecule is Cc1cc(C)cc(N(CC(=O)NCCSCc2c(F)cccc2Cl)S(=O)(=O)c2ccccc2)c1. The first-order valence-electron chi connectivity index (χ1n) is 10.6. The number of anilines is 1. The van der Waals surface area contributed by atoms with E-state index in [0.29, 0.717) is 34.3 Å². The zero-order valence-corrected chi connectivity index (χ0v) is 21.3. The Balaban J connectivity index is 1.67. The van der Waals surface area contributed by atoms with Crippen molar-refractivity contribution in [1.29, 1.82) is 0 Å². The summed E-state index contributed by atoms with van der Waals surface area (Å²) in [6.07, 6.45) is 0. The Labute approximate surface area is 209 Å². The molecule has 3 aromatic carbocycles. The third kappa shape index (κ3) is 6.74. The Morgan fingerprint density at radius 3 is 2.35 bits per heavy atom. The number of thioether (sulfide) groups is 1. The van der Waals surface area contributed by atoms with Crippen LogP contribution in [0.25, 0.3) is 0 Å². The molecule has 180 valence electrons. The maximum absolute atomic E-state index is 13.9. The highest BCUT2D eigenvalue weighted by Crippen LogP contribution is 2.26. The number of rotatable bonds is 10. The van der Waals surface area contributed by atoms with Crippen LogP contribution in [0.15, 0.2) is 71.6 Å². The Bertz CT molecular complexity index is 1210. The van der Waals surface area contributed by atoms with Crippen LogP contribution in [0.3, 0.4) is 0 Å². The van der Waals surface area contributed by atoms with Crippen molar-refractivity contribution >= 4 is 45.0 Å². The Kier molecular flexibility index (Phi) is 8.99. The third-order valence-corrected chi connectivity index (χ3v) is 8.12. The molecule has 9 heteroatoms. The molecule has 0 bridgehead atoms. The van der Waals surface area contributed by atoms with Gasteiger partial charge in [0, 0.05) is 28.6 Å². The van der Waals surface area contributed by atoms with Gasteiger partial charge in [-0.1, -0.05) is 41.9 Å². The van der Waals surface area contributed by atoms with Crippen molar-refractivity contribution in [3.8, 4) is 0 Å². The molecule has 0 unspecified atom stereocenters. The predicted molar refractivity (Wildman–Crippen MR) is 137 cm³/mol. The molecule has 34 heavy (non-hydrogen) atoms. The van der Waals surface area contributed by atoms with Crippen LogP contribution in [-0.2, 0) is 20.6 Å². The van der Waals surface area contributed by atoms with E-state index in [1.165, 1.54) is 30.0 Å². The van der Waals surface area contributed by atoms with E-state index >= 15 is 0 Å². The molecule has 1 amide bonds. The minimum absolute atomic E-state index is 0.110. The average Bonchev–Trinajstić information content (AvgIpc) is 2.78. The molecule has 0 spiro atoms. The van der Waals surface area contributed by atoms with Crippen molar-refractivity contribution in [2.24, 2.45) is 0 Å². The number of benzene rings is 3. The van der Waals surface area contributed by atoms with Gasteiger partial charge in [0.1, 0.15) is 12.4 Å². The van der Waals surface area contributed by atoms with Gasteiger partial charge >= 0.3 is 0 Å². The second kappa shape index (κ2) is 11.7. The summed E-state index contributed by atoms with van der Waals surface area (Å²) < 4.78 is 41.8. The van der Waals surface area contributed by atoms with Crippen molar-refractivity contribution in [1.82, 2.24) is 5.32 Å².